The molecule has 1 saturated heterocycles. The van der Waals surface area contributed by atoms with E-state index in [4.69, 9.17) is 4.74 Å². The van der Waals surface area contributed by atoms with Crippen molar-refractivity contribution in [3.63, 3.8) is 0 Å². The fraction of sp³-hybridized carbons (Fsp3) is 0.375. The molecule has 3 heterocycles. The van der Waals surface area contributed by atoms with Gasteiger partial charge in [-0.1, -0.05) is 12.1 Å². The highest BCUT2D eigenvalue weighted by molar-refractivity contribution is 5.41. The van der Waals surface area contributed by atoms with Crippen LogP contribution in [0.15, 0.2) is 42.7 Å². The lowest BCUT2D eigenvalue weighted by Gasteiger charge is -2.35. The van der Waals surface area contributed by atoms with Gasteiger partial charge in [0.25, 0.3) is 0 Å². The second kappa shape index (κ2) is 6.54. The third kappa shape index (κ3) is 3.49. The summed E-state index contributed by atoms with van der Waals surface area (Å²) in [6.07, 6.45) is 3.76. The van der Waals surface area contributed by atoms with Gasteiger partial charge in [0.1, 0.15) is 5.82 Å². The zero-order valence-corrected chi connectivity index (χ0v) is 12.3. The summed E-state index contributed by atoms with van der Waals surface area (Å²) in [4.78, 5) is 13.4. The minimum absolute atomic E-state index is 0.672. The first kappa shape index (κ1) is 13.8. The smallest absolute Gasteiger partial charge is 0.214 e. The van der Waals surface area contributed by atoms with Crippen molar-refractivity contribution in [3.8, 4) is 5.88 Å². The van der Waals surface area contributed by atoms with Crippen LogP contribution in [0, 0.1) is 0 Å². The van der Waals surface area contributed by atoms with Gasteiger partial charge in [0.2, 0.25) is 5.88 Å². The van der Waals surface area contributed by atoms with Gasteiger partial charge in [-0.2, -0.15) is 4.98 Å². The van der Waals surface area contributed by atoms with Gasteiger partial charge in [-0.3, -0.25) is 9.88 Å². The second-order valence-corrected chi connectivity index (χ2v) is 5.16. The third-order valence-electron chi connectivity index (χ3n) is 3.74. The Morgan fingerprint density at radius 1 is 1.10 bits per heavy atom. The molecular formula is C16H20N4O. The molecule has 0 saturated carbocycles. The van der Waals surface area contributed by atoms with Crippen LogP contribution in [0.25, 0.3) is 0 Å². The molecule has 5 heteroatoms. The van der Waals surface area contributed by atoms with Gasteiger partial charge in [0, 0.05) is 51.2 Å². The number of anilines is 1. The molecule has 1 aliphatic rings. The van der Waals surface area contributed by atoms with Crippen molar-refractivity contribution in [2.75, 3.05) is 38.2 Å². The summed E-state index contributed by atoms with van der Waals surface area (Å²) in [6, 6.07) is 10.0. The van der Waals surface area contributed by atoms with E-state index in [1.54, 1.807) is 7.11 Å². The van der Waals surface area contributed by atoms with E-state index in [9.17, 15) is 0 Å². The number of hydrogen-bond acceptors (Lipinski definition) is 5. The Morgan fingerprint density at radius 2 is 1.95 bits per heavy atom. The maximum atomic E-state index is 5.19. The summed E-state index contributed by atoms with van der Waals surface area (Å²) in [5.74, 6) is 1.67. The first-order valence-corrected chi connectivity index (χ1v) is 7.22. The Morgan fingerprint density at radius 3 is 2.67 bits per heavy atom. The number of ether oxygens (including phenoxy) is 1. The summed E-state index contributed by atoms with van der Waals surface area (Å²) in [5.41, 5.74) is 1.27. The molecule has 0 unspecified atom stereocenters. The fourth-order valence-corrected chi connectivity index (χ4v) is 2.58. The minimum Gasteiger partial charge on any atom is -0.481 e. The van der Waals surface area contributed by atoms with Crippen LogP contribution in [0.5, 0.6) is 5.88 Å². The summed E-state index contributed by atoms with van der Waals surface area (Å²) < 4.78 is 5.19. The first-order chi connectivity index (χ1) is 10.3. The molecule has 110 valence electrons. The fourth-order valence-electron chi connectivity index (χ4n) is 2.58. The van der Waals surface area contributed by atoms with Gasteiger partial charge in [-0.15, -0.1) is 0 Å². The molecule has 5 nitrogen and oxygen atoms in total. The van der Waals surface area contributed by atoms with Crippen molar-refractivity contribution in [1.29, 1.82) is 0 Å². The number of aromatic nitrogens is 2. The van der Waals surface area contributed by atoms with Gasteiger partial charge >= 0.3 is 0 Å². The Balaban J connectivity index is 1.57. The van der Waals surface area contributed by atoms with Crippen LogP contribution in [-0.4, -0.2) is 48.2 Å². The van der Waals surface area contributed by atoms with E-state index in [0.717, 1.165) is 38.5 Å². The Kier molecular flexibility index (Phi) is 4.31. The van der Waals surface area contributed by atoms with Gasteiger partial charge in [0.05, 0.1) is 7.11 Å². The normalized spacial score (nSPS) is 16.0. The van der Waals surface area contributed by atoms with Gasteiger partial charge in [0.15, 0.2) is 0 Å². The van der Waals surface area contributed by atoms with Crippen LogP contribution in [0.4, 0.5) is 5.82 Å². The van der Waals surface area contributed by atoms with E-state index >= 15 is 0 Å². The number of pyridine rings is 2. The molecule has 21 heavy (non-hydrogen) atoms. The first-order valence-electron chi connectivity index (χ1n) is 7.22. The molecule has 0 bridgehead atoms. The van der Waals surface area contributed by atoms with E-state index in [0.29, 0.717) is 5.88 Å². The number of hydrogen-bond donors (Lipinski definition) is 0. The van der Waals surface area contributed by atoms with Crippen molar-refractivity contribution >= 4 is 5.82 Å². The molecule has 0 spiro atoms. The summed E-state index contributed by atoms with van der Waals surface area (Å²) in [6.45, 7) is 5.01. The molecule has 1 aliphatic heterocycles. The van der Waals surface area contributed by atoms with Gasteiger partial charge < -0.3 is 9.64 Å². The zero-order chi connectivity index (χ0) is 14.5. The molecule has 0 aliphatic carbocycles. The quantitative estimate of drug-likeness (QED) is 0.856. The van der Waals surface area contributed by atoms with E-state index in [-0.39, 0.29) is 0 Å². The average molecular weight is 284 g/mol. The lowest BCUT2D eigenvalue weighted by molar-refractivity contribution is 0.249. The van der Waals surface area contributed by atoms with Gasteiger partial charge in [-0.25, -0.2) is 0 Å². The van der Waals surface area contributed by atoms with Crippen molar-refractivity contribution in [2.24, 2.45) is 0 Å². The van der Waals surface area contributed by atoms with Crippen LogP contribution < -0.4 is 9.64 Å². The second-order valence-electron chi connectivity index (χ2n) is 5.16. The van der Waals surface area contributed by atoms with E-state index in [2.05, 4.69) is 25.8 Å². The number of nitrogens with zero attached hydrogens (tertiary/aromatic N) is 4. The predicted molar refractivity (Wildman–Crippen MR) is 82.5 cm³/mol. The van der Waals surface area contributed by atoms with Crippen LogP contribution >= 0.6 is 0 Å². The third-order valence-corrected chi connectivity index (χ3v) is 3.74. The Bertz CT molecular complexity index is 567. The van der Waals surface area contributed by atoms with Crippen molar-refractivity contribution < 1.29 is 4.74 Å². The SMILES string of the molecule is COc1cccc(N2CCN(Cc3cccnc3)CC2)n1. The summed E-state index contributed by atoms with van der Waals surface area (Å²) in [5, 5.41) is 0. The highest BCUT2D eigenvalue weighted by Crippen LogP contribution is 2.18. The lowest BCUT2D eigenvalue weighted by atomic mass is 10.2. The van der Waals surface area contributed by atoms with Gasteiger partial charge in [-0.05, 0) is 17.7 Å². The van der Waals surface area contributed by atoms with E-state index in [1.807, 2.05) is 36.7 Å². The van der Waals surface area contributed by atoms with E-state index in [1.165, 1.54) is 5.56 Å². The molecule has 0 N–H and O–H groups in total. The maximum absolute atomic E-state index is 5.19. The Labute approximate surface area is 125 Å². The molecule has 1 fully saturated rings. The number of piperazine rings is 1. The maximum Gasteiger partial charge on any atom is 0.214 e. The monoisotopic (exact) mass is 284 g/mol. The summed E-state index contributed by atoms with van der Waals surface area (Å²) in [7, 11) is 1.65. The average Bonchev–Trinajstić information content (AvgIpc) is 2.56. The number of rotatable bonds is 4. The molecule has 0 aromatic carbocycles. The molecule has 3 rings (SSSR count). The Hall–Kier alpha value is -2.14. The summed E-state index contributed by atoms with van der Waals surface area (Å²) >= 11 is 0. The lowest BCUT2D eigenvalue weighted by Crippen LogP contribution is -2.46. The molecule has 0 amide bonds. The molecule has 2 aromatic rings. The van der Waals surface area contributed by atoms with E-state index < -0.39 is 0 Å². The van der Waals surface area contributed by atoms with Crippen LogP contribution in [0.1, 0.15) is 5.56 Å². The standard InChI is InChI=1S/C16H20N4O/c1-21-16-6-2-5-15(18-16)20-10-8-19(9-11-20)13-14-4-3-7-17-12-14/h2-7,12H,8-11,13H2,1H3. The van der Waals surface area contributed by atoms with Crippen LogP contribution in [0.3, 0.4) is 0 Å². The largest absolute Gasteiger partial charge is 0.481 e. The zero-order valence-electron chi connectivity index (χ0n) is 12.3. The van der Waals surface area contributed by atoms with Crippen molar-refractivity contribution in [2.45, 2.75) is 6.54 Å². The highest BCUT2D eigenvalue weighted by Gasteiger charge is 2.18. The molecule has 2 aromatic heterocycles. The molecular weight excluding hydrogens is 264 g/mol. The van der Waals surface area contributed by atoms with Crippen molar-refractivity contribution in [1.82, 2.24) is 14.9 Å². The molecule has 0 radical (unpaired) electrons. The van der Waals surface area contributed by atoms with Crippen molar-refractivity contribution in [3.05, 3.63) is 48.3 Å². The predicted octanol–water partition coefficient (Wildman–Crippen LogP) is 1.81. The van der Waals surface area contributed by atoms with Crippen LogP contribution in [-0.2, 0) is 6.54 Å². The minimum atomic E-state index is 0.672. The van der Waals surface area contributed by atoms with Crippen LogP contribution in [0.2, 0.25) is 0 Å². The number of methoxy groups -OCH3 is 1. The highest BCUT2D eigenvalue weighted by atomic mass is 16.5. The molecule has 0 atom stereocenters. The topological polar surface area (TPSA) is 41.5 Å².